The van der Waals surface area contributed by atoms with Gasteiger partial charge in [0.2, 0.25) is 0 Å². The monoisotopic (exact) mass is 601 g/mol. The highest BCUT2D eigenvalue weighted by Gasteiger charge is 2.18. The predicted octanol–water partition coefficient (Wildman–Crippen LogP) is 11.9. The van der Waals surface area contributed by atoms with Crippen molar-refractivity contribution in [3.8, 4) is 22.5 Å². The molecule has 3 heteroatoms. The molecule has 9 rings (SSSR count). The molecule has 3 nitrogen and oxygen atoms in total. The van der Waals surface area contributed by atoms with Crippen LogP contribution in [-0.4, -0.2) is 9.13 Å². The Morgan fingerprint density at radius 3 is 1.57 bits per heavy atom. The Morgan fingerprint density at radius 1 is 0.340 bits per heavy atom. The van der Waals surface area contributed by atoms with E-state index in [1.807, 2.05) is 0 Å². The SMILES string of the molecule is c1ccc(-c2ccc(-n3ccc4c3ccc3c5ccccc5n(-c5ccc(N(c6ccccc6)c6ccccc6)cc5)c34)cc2)cc1. The molecule has 222 valence electrons. The summed E-state index contributed by atoms with van der Waals surface area (Å²) in [5.74, 6) is 0. The van der Waals surface area contributed by atoms with E-state index in [0.29, 0.717) is 0 Å². The maximum atomic E-state index is 2.43. The number of rotatable bonds is 6. The fraction of sp³-hybridized carbons (Fsp3) is 0. The smallest absolute Gasteiger partial charge is 0.0635 e. The van der Waals surface area contributed by atoms with Crippen molar-refractivity contribution < 1.29 is 0 Å². The van der Waals surface area contributed by atoms with E-state index < -0.39 is 0 Å². The van der Waals surface area contributed by atoms with Gasteiger partial charge < -0.3 is 14.0 Å². The summed E-state index contributed by atoms with van der Waals surface area (Å²) in [5, 5.41) is 3.73. The normalized spacial score (nSPS) is 11.4. The Morgan fingerprint density at radius 2 is 0.894 bits per heavy atom. The third kappa shape index (κ3) is 4.60. The average Bonchev–Trinajstić information content (AvgIpc) is 3.73. The molecule has 0 aliphatic rings. The van der Waals surface area contributed by atoms with Gasteiger partial charge in [-0.3, -0.25) is 0 Å². The lowest BCUT2D eigenvalue weighted by Gasteiger charge is -2.25. The van der Waals surface area contributed by atoms with Crippen LogP contribution in [0, 0.1) is 0 Å². The zero-order valence-corrected chi connectivity index (χ0v) is 25.7. The maximum absolute atomic E-state index is 2.43. The molecule has 0 fully saturated rings. The molecule has 2 aromatic heterocycles. The molecule has 0 aliphatic heterocycles. The molecule has 0 saturated heterocycles. The zero-order chi connectivity index (χ0) is 31.2. The molecule has 0 saturated carbocycles. The van der Waals surface area contributed by atoms with Gasteiger partial charge in [-0.1, -0.05) is 103 Å². The standard InChI is InChI=1S/C44H31N3/c1-4-12-32(13-5-1)33-20-22-34(23-21-33)45-31-30-41-42(45)29-28-40-39-18-10-11-19-43(39)47(44(40)41)38-26-24-37(25-27-38)46(35-14-6-2-7-15-35)36-16-8-3-9-17-36/h1-31H. The van der Waals surface area contributed by atoms with E-state index in [0.717, 1.165) is 28.4 Å². The van der Waals surface area contributed by atoms with Gasteiger partial charge in [0.25, 0.3) is 0 Å². The van der Waals surface area contributed by atoms with Crippen molar-refractivity contribution in [3.05, 3.63) is 188 Å². The van der Waals surface area contributed by atoms with Crippen LogP contribution in [0.4, 0.5) is 17.1 Å². The van der Waals surface area contributed by atoms with Crippen molar-refractivity contribution in [2.45, 2.75) is 0 Å². The topological polar surface area (TPSA) is 13.1 Å². The van der Waals surface area contributed by atoms with Crippen molar-refractivity contribution in [1.82, 2.24) is 9.13 Å². The van der Waals surface area contributed by atoms with Crippen molar-refractivity contribution in [2.75, 3.05) is 4.90 Å². The molecular weight excluding hydrogens is 571 g/mol. The number of hydrogen-bond donors (Lipinski definition) is 0. The number of aromatic nitrogens is 2. The molecule has 7 aromatic carbocycles. The van der Waals surface area contributed by atoms with Crippen molar-refractivity contribution in [2.24, 2.45) is 0 Å². The van der Waals surface area contributed by atoms with Crippen LogP contribution in [0.3, 0.4) is 0 Å². The van der Waals surface area contributed by atoms with Crippen LogP contribution in [0.15, 0.2) is 188 Å². The number of nitrogens with zero attached hydrogens (tertiary/aromatic N) is 3. The molecule has 0 radical (unpaired) electrons. The first-order valence-electron chi connectivity index (χ1n) is 16.0. The van der Waals surface area contributed by atoms with E-state index in [-0.39, 0.29) is 0 Å². The zero-order valence-electron chi connectivity index (χ0n) is 25.7. The van der Waals surface area contributed by atoms with Crippen LogP contribution < -0.4 is 4.90 Å². The van der Waals surface area contributed by atoms with Crippen LogP contribution in [0.1, 0.15) is 0 Å². The van der Waals surface area contributed by atoms with Crippen LogP contribution in [0.25, 0.3) is 55.2 Å². The van der Waals surface area contributed by atoms with Gasteiger partial charge in [-0.15, -0.1) is 0 Å². The maximum Gasteiger partial charge on any atom is 0.0635 e. The molecule has 0 bridgehead atoms. The second-order valence-corrected chi connectivity index (χ2v) is 11.9. The first-order chi connectivity index (χ1) is 23.3. The lowest BCUT2D eigenvalue weighted by Crippen LogP contribution is -2.09. The molecule has 0 atom stereocenters. The van der Waals surface area contributed by atoms with E-state index in [9.17, 15) is 0 Å². The molecule has 0 aliphatic carbocycles. The number of fused-ring (bicyclic) bond motifs is 5. The fourth-order valence-electron chi connectivity index (χ4n) is 6.97. The van der Waals surface area contributed by atoms with Crippen molar-refractivity contribution >= 4 is 49.8 Å². The summed E-state index contributed by atoms with van der Waals surface area (Å²) in [4.78, 5) is 2.30. The van der Waals surface area contributed by atoms with Gasteiger partial charge in [-0.2, -0.15) is 0 Å². The van der Waals surface area contributed by atoms with Gasteiger partial charge in [-0.05, 0) is 90.0 Å². The Balaban J connectivity index is 1.18. The Labute approximate surface area is 273 Å². The summed E-state index contributed by atoms with van der Waals surface area (Å²) in [6, 6.07) is 65.0. The van der Waals surface area contributed by atoms with E-state index in [2.05, 4.69) is 202 Å². The molecule has 9 aromatic rings. The van der Waals surface area contributed by atoms with Gasteiger partial charge in [-0.25, -0.2) is 0 Å². The fourth-order valence-corrected chi connectivity index (χ4v) is 6.97. The van der Waals surface area contributed by atoms with Crippen molar-refractivity contribution in [3.63, 3.8) is 0 Å². The third-order valence-electron chi connectivity index (χ3n) is 9.15. The highest BCUT2D eigenvalue weighted by Crippen LogP contribution is 2.39. The van der Waals surface area contributed by atoms with Crippen LogP contribution in [0.5, 0.6) is 0 Å². The summed E-state index contributed by atoms with van der Waals surface area (Å²) in [6.07, 6.45) is 2.20. The van der Waals surface area contributed by atoms with E-state index >= 15 is 0 Å². The first kappa shape index (κ1) is 27.0. The minimum Gasteiger partial charge on any atom is -0.316 e. The predicted molar refractivity (Wildman–Crippen MR) is 198 cm³/mol. The Hall–Kier alpha value is -6.32. The number of anilines is 3. The van der Waals surface area contributed by atoms with Gasteiger partial charge >= 0.3 is 0 Å². The van der Waals surface area contributed by atoms with E-state index in [1.165, 1.54) is 43.8 Å². The molecule has 2 heterocycles. The third-order valence-corrected chi connectivity index (χ3v) is 9.15. The highest BCUT2D eigenvalue weighted by atomic mass is 15.1. The summed E-state index contributed by atoms with van der Waals surface area (Å²) < 4.78 is 4.72. The lowest BCUT2D eigenvalue weighted by molar-refractivity contribution is 1.13. The summed E-state index contributed by atoms with van der Waals surface area (Å²) in [7, 11) is 0. The molecule has 0 spiro atoms. The Kier molecular flexibility index (Phi) is 6.46. The second kappa shape index (κ2) is 11.2. The van der Waals surface area contributed by atoms with Crippen LogP contribution in [-0.2, 0) is 0 Å². The molecule has 0 unspecified atom stereocenters. The molecule has 47 heavy (non-hydrogen) atoms. The van der Waals surface area contributed by atoms with E-state index in [4.69, 9.17) is 0 Å². The minimum absolute atomic E-state index is 1.11. The number of hydrogen-bond acceptors (Lipinski definition) is 1. The summed E-state index contributed by atoms with van der Waals surface area (Å²) >= 11 is 0. The minimum atomic E-state index is 1.11. The Bertz CT molecular complexity index is 2430. The van der Waals surface area contributed by atoms with E-state index in [1.54, 1.807) is 0 Å². The van der Waals surface area contributed by atoms with Crippen molar-refractivity contribution in [1.29, 1.82) is 0 Å². The highest BCUT2D eigenvalue weighted by molar-refractivity contribution is 6.18. The molecular formula is C44H31N3. The van der Waals surface area contributed by atoms with Crippen LogP contribution in [0.2, 0.25) is 0 Å². The summed E-state index contributed by atoms with van der Waals surface area (Å²) in [6.45, 7) is 0. The summed E-state index contributed by atoms with van der Waals surface area (Å²) in [5.41, 5.74) is 11.7. The van der Waals surface area contributed by atoms with Gasteiger partial charge in [0, 0.05) is 50.8 Å². The average molecular weight is 602 g/mol. The van der Waals surface area contributed by atoms with Gasteiger partial charge in [0.05, 0.1) is 16.6 Å². The van der Waals surface area contributed by atoms with Gasteiger partial charge in [0.15, 0.2) is 0 Å². The second-order valence-electron chi connectivity index (χ2n) is 11.9. The molecule has 0 amide bonds. The number of para-hydroxylation sites is 3. The number of benzene rings is 7. The molecule has 0 N–H and O–H groups in total. The first-order valence-corrected chi connectivity index (χ1v) is 16.0. The van der Waals surface area contributed by atoms with Crippen LogP contribution >= 0.6 is 0 Å². The largest absolute Gasteiger partial charge is 0.316 e. The van der Waals surface area contributed by atoms with Gasteiger partial charge in [0.1, 0.15) is 0 Å². The quantitative estimate of drug-likeness (QED) is 0.185. The lowest BCUT2D eigenvalue weighted by atomic mass is 10.1.